The van der Waals surface area contributed by atoms with Crippen molar-refractivity contribution in [2.24, 2.45) is 0 Å². The molecule has 8 heteroatoms. The van der Waals surface area contributed by atoms with Crippen molar-refractivity contribution in [3.05, 3.63) is 41.3 Å². The summed E-state index contributed by atoms with van der Waals surface area (Å²) >= 11 is 0. The number of fused-ring (bicyclic) bond motifs is 2. The normalized spacial score (nSPS) is 17.1. The van der Waals surface area contributed by atoms with E-state index in [0.29, 0.717) is 18.7 Å². The SMILES string of the molecule is Cc1cc(-c2cn3nc4c(nc3n2)CCCC4)ccc1NC(=O)[C@H](C)N1CCCC1=O. The Bertz CT molecular complexity index is 1140. The summed E-state index contributed by atoms with van der Waals surface area (Å²) in [5.74, 6) is 0.498. The second kappa shape index (κ2) is 7.76. The number of carbonyl (C=O) groups is 2. The number of anilines is 1. The van der Waals surface area contributed by atoms with E-state index in [1.807, 2.05) is 31.3 Å². The molecule has 2 aromatic heterocycles. The molecule has 0 saturated carbocycles. The molecule has 8 nitrogen and oxygen atoms in total. The quantitative estimate of drug-likeness (QED) is 0.703. The molecule has 0 unspecified atom stereocenters. The number of aromatic nitrogens is 4. The molecule has 2 amide bonds. The third-order valence-corrected chi connectivity index (χ3v) is 6.28. The van der Waals surface area contributed by atoms with Gasteiger partial charge in [0.2, 0.25) is 11.8 Å². The standard InChI is InChI=1S/C23H26N6O2/c1-14-12-16(9-10-17(14)24-22(31)15(2)28-11-5-8-21(28)30)20-13-29-23(26-20)25-18-6-3-4-7-19(18)27-29/h9-10,12-13,15H,3-8,11H2,1-2H3,(H,24,31)/t15-/m0/s1. The van der Waals surface area contributed by atoms with Crippen molar-refractivity contribution in [1.82, 2.24) is 24.5 Å². The van der Waals surface area contributed by atoms with E-state index in [0.717, 1.165) is 66.0 Å². The van der Waals surface area contributed by atoms with E-state index in [9.17, 15) is 9.59 Å². The summed E-state index contributed by atoms with van der Waals surface area (Å²) in [6.45, 7) is 4.37. The van der Waals surface area contributed by atoms with E-state index in [2.05, 4.69) is 10.3 Å². The Balaban J connectivity index is 1.36. The summed E-state index contributed by atoms with van der Waals surface area (Å²) < 4.78 is 1.76. The van der Waals surface area contributed by atoms with Crippen LogP contribution in [0, 0.1) is 6.92 Å². The van der Waals surface area contributed by atoms with Crippen molar-refractivity contribution in [1.29, 1.82) is 0 Å². The van der Waals surface area contributed by atoms with Gasteiger partial charge >= 0.3 is 0 Å². The van der Waals surface area contributed by atoms with Crippen molar-refractivity contribution >= 4 is 23.3 Å². The van der Waals surface area contributed by atoms with Gasteiger partial charge in [-0.15, -0.1) is 0 Å². The number of imidazole rings is 1. The maximum absolute atomic E-state index is 12.7. The second-order valence-corrected chi connectivity index (χ2v) is 8.47. The summed E-state index contributed by atoms with van der Waals surface area (Å²) in [7, 11) is 0. The maximum Gasteiger partial charge on any atom is 0.251 e. The van der Waals surface area contributed by atoms with Crippen LogP contribution in [0.3, 0.4) is 0 Å². The van der Waals surface area contributed by atoms with Gasteiger partial charge in [0.25, 0.3) is 5.78 Å². The molecular formula is C23H26N6O2. The average Bonchev–Trinajstić information content (AvgIpc) is 3.38. The number of hydrogen-bond acceptors (Lipinski definition) is 5. The Morgan fingerprint density at radius 3 is 2.65 bits per heavy atom. The molecule has 2 aliphatic rings. The summed E-state index contributed by atoms with van der Waals surface area (Å²) in [5.41, 5.74) is 5.56. The Morgan fingerprint density at radius 1 is 1.10 bits per heavy atom. The zero-order valence-corrected chi connectivity index (χ0v) is 17.9. The predicted molar refractivity (Wildman–Crippen MR) is 117 cm³/mol. The lowest BCUT2D eigenvalue weighted by atomic mass is 10.0. The van der Waals surface area contributed by atoms with Crippen molar-refractivity contribution in [2.45, 2.75) is 58.4 Å². The minimum absolute atomic E-state index is 0.0467. The average molecular weight is 419 g/mol. The molecular weight excluding hydrogens is 392 g/mol. The number of hydrogen-bond donors (Lipinski definition) is 1. The summed E-state index contributed by atoms with van der Waals surface area (Å²) in [4.78, 5) is 35.6. The minimum atomic E-state index is -0.476. The van der Waals surface area contributed by atoms with E-state index in [1.54, 1.807) is 16.3 Å². The Hall–Kier alpha value is -3.29. The second-order valence-electron chi connectivity index (χ2n) is 8.47. The van der Waals surface area contributed by atoms with Crippen molar-refractivity contribution in [3.63, 3.8) is 0 Å². The molecule has 3 heterocycles. The largest absolute Gasteiger partial charge is 0.331 e. The van der Waals surface area contributed by atoms with Crippen LogP contribution in [-0.4, -0.2) is 48.9 Å². The van der Waals surface area contributed by atoms with Crippen molar-refractivity contribution < 1.29 is 9.59 Å². The van der Waals surface area contributed by atoms with E-state index in [-0.39, 0.29) is 11.8 Å². The van der Waals surface area contributed by atoms with Gasteiger partial charge in [-0.25, -0.2) is 14.5 Å². The van der Waals surface area contributed by atoms with Gasteiger partial charge in [0.05, 0.1) is 23.3 Å². The first-order valence-electron chi connectivity index (χ1n) is 11.0. The lowest BCUT2D eigenvalue weighted by molar-refractivity contribution is -0.134. The van der Waals surface area contributed by atoms with Gasteiger partial charge in [0, 0.05) is 24.2 Å². The van der Waals surface area contributed by atoms with Crippen LogP contribution in [0.25, 0.3) is 17.0 Å². The molecule has 31 heavy (non-hydrogen) atoms. The molecule has 1 atom stereocenters. The monoisotopic (exact) mass is 418 g/mol. The highest BCUT2D eigenvalue weighted by Gasteiger charge is 2.29. The van der Waals surface area contributed by atoms with E-state index >= 15 is 0 Å². The molecule has 5 rings (SSSR count). The molecule has 160 valence electrons. The lowest BCUT2D eigenvalue weighted by Crippen LogP contribution is -2.42. The third kappa shape index (κ3) is 3.66. The lowest BCUT2D eigenvalue weighted by Gasteiger charge is -2.23. The molecule has 1 aromatic carbocycles. The van der Waals surface area contributed by atoms with Crippen LogP contribution < -0.4 is 5.32 Å². The first kappa shape index (κ1) is 19.7. The van der Waals surface area contributed by atoms with Gasteiger partial charge in [0.15, 0.2) is 0 Å². The number of amides is 2. The zero-order chi connectivity index (χ0) is 21.5. The minimum Gasteiger partial charge on any atom is -0.331 e. The Morgan fingerprint density at radius 2 is 1.90 bits per heavy atom. The van der Waals surface area contributed by atoms with E-state index in [1.165, 1.54) is 0 Å². The first-order chi connectivity index (χ1) is 15.0. The van der Waals surface area contributed by atoms with Gasteiger partial charge in [-0.3, -0.25) is 9.59 Å². The van der Waals surface area contributed by atoms with Gasteiger partial charge in [0.1, 0.15) is 6.04 Å². The van der Waals surface area contributed by atoms with Crippen LogP contribution in [0.4, 0.5) is 5.69 Å². The predicted octanol–water partition coefficient (Wildman–Crippen LogP) is 2.93. The molecule has 0 spiro atoms. The fourth-order valence-electron chi connectivity index (χ4n) is 4.42. The molecule has 3 aromatic rings. The molecule has 1 N–H and O–H groups in total. The number of carbonyl (C=O) groups excluding carboxylic acids is 2. The van der Waals surface area contributed by atoms with Crippen LogP contribution in [0.5, 0.6) is 0 Å². The maximum atomic E-state index is 12.7. The number of rotatable bonds is 4. The molecule has 0 bridgehead atoms. The Kier molecular flexibility index (Phi) is 4.92. The Labute approximate surface area is 180 Å². The number of aryl methyl sites for hydroxylation is 3. The highest BCUT2D eigenvalue weighted by Crippen LogP contribution is 2.26. The van der Waals surface area contributed by atoms with Gasteiger partial charge in [-0.05, 0) is 63.6 Å². The number of likely N-dealkylation sites (tertiary alicyclic amines) is 1. The van der Waals surface area contributed by atoms with Crippen LogP contribution in [-0.2, 0) is 22.4 Å². The van der Waals surface area contributed by atoms with Crippen LogP contribution in [0.1, 0.15) is 49.6 Å². The highest BCUT2D eigenvalue weighted by molar-refractivity contribution is 5.98. The summed E-state index contributed by atoms with van der Waals surface area (Å²) in [6.07, 6.45) is 7.50. The summed E-state index contributed by atoms with van der Waals surface area (Å²) in [5, 5.41) is 7.67. The van der Waals surface area contributed by atoms with Gasteiger partial charge in [-0.1, -0.05) is 6.07 Å². The van der Waals surface area contributed by atoms with Crippen LogP contribution in [0.2, 0.25) is 0 Å². The highest BCUT2D eigenvalue weighted by atomic mass is 16.2. The third-order valence-electron chi connectivity index (χ3n) is 6.28. The fraction of sp³-hybridized carbons (Fsp3) is 0.435. The summed E-state index contributed by atoms with van der Waals surface area (Å²) in [6, 6.07) is 5.35. The molecule has 1 aliphatic heterocycles. The zero-order valence-electron chi connectivity index (χ0n) is 17.9. The van der Waals surface area contributed by atoms with Gasteiger partial charge in [-0.2, -0.15) is 5.10 Å². The smallest absolute Gasteiger partial charge is 0.251 e. The fourth-order valence-corrected chi connectivity index (χ4v) is 4.42. The topological polar surface area (TPSA) is 92.5 Å². The van der Waals surface area contributed by atoms with Gasteiger partial charge < -0.3 is 10.2 Å². The van der Waals surface area contributed by atoms with E-state index < -0.39 is 6.04 Å². The molecule has 1 saturated heterocycles. The molecule has 1 fully saturated rings. The first-order valence-corrected chi connectivity index (χ1v) is 11.0. The van der Waals surface area contributed by atoms with Crippen molar-refractivity contribution in [3.8, 4) is 11.3 Å². The van der Waals surface area contributed by atoms with E-state index in [4.69, 9.17) is 10.1 Å². The molecule has 0 radical (unpaired) electrons. The number of nitrogens with zero attached hydrogens (tertiary/aromatic N) is 5. The number of nitrogens with one attached hydrogen (secondary N) is 1. The van der Waals surface area contributed by atoms with Crippen LogP contribution >= 0.6 is 0 Å². The number of benzene rings is 1. The van der Waals surface area contributed by atoms with Crippen LogP contribution in [0.15, 0.2) is 24.4 Å². The molecule has 1 aliphatic carbocycles. The van der Waals surface area contributed by atoms with Crippen molar-refractivity contribution in [2.75, 3.05) is 11.9 Å².